The maximum Gasteiger partial charge on any atom is 0.247 e. The average Bonchev–Trinajstić information content (AvgIpc) is 3.63. The van der Waals surface area contributed by atoms with Crippen molar-refractivity contribution in [3.8, 4) is 16.9 Å². The highest BCUT2D eigenvalue weighted by atomic mass is 19.1. The molecule has 39 heavy (non-hydrogen) atoms. The third-order valence-electron chi connectivity index (χ3n) is 5.91. The van der Waals surface area contributed by atoms with Gasteiger partial charge in [-0.2, -0.15) is 5.10 Å². The number of nitrogens with one attached hydrogen (secondary N) is 1. The van der Waals surface area contributed by atoms with E-state index in [1.54, 1.807) is 36.4 Å². The summed E-state index contributed by atoms with van der Waals surface area (Å²) in [6.07, 6.45) is 4.65. The first kappa shape index (κ1) is 25.4. The number of carbonyl (C=O) groups is 2. The van der Waals surface area contributed by atoms with Crippen LogP contribution >= 0.6 is 0 Å². The Morgan fingerprint density at radius 1 is 0.923 bits per heavy atom. The first-order valence-electron chi connectivity index (χ1n) is 12.3. The highest BCUT2D eigenvalue weighted by Gasteiger charge is 2.20. The lowest BCUT2D eigenvalue weighted by Gasteiger charge is -2.20. The van der Waals surface area contributed by atoms with E-state index in [9.17, 15) is 14.0 Å². The van der Waals surface area contributed by atoms with Crippen LogP contribution in [0, 0.1) is 5.82 Å². The Morgan fingerprint density at radius 2 is 1.64 bits per heavy atom. The second-order valence-electron chi connectivity index (χ2n) is 8.73. The fourth-order valence-electron chi connectivity index (χ4n) is 3.99. The van der Waals surface area contributed by atoms with Gasteiger partial charge in [-0.25, -0.2) is 9.07 Å². The molecule has 0 radical (unpaired) electrons. The van der Waals surface area contributed by atoms with Gasteiger partial charge in [-0.15, -0.1) is 0 Å². The van der Waals surface area contributed by atoms with Crippen LogP contribution in [0.5, 0.6) is 0 Å². The van der Waals surface area contributed by atoms with Gasteiger partial charge in [-0.3, -0.25) is 9.59 Å². The summed E-state index contributed by atoms with van der Waals surface area (Å²) in [4.78, 5) is 27.8. The van der Waals surface area contributed by atoms with E-state index in [0.29, 0.717) is 23.0 Å². The number of rotatable bonds is 9. The molecule has 7 nitrogen and oxygen atoms in total. The molecule has 0 saturated carbocycles. The minimum atomic E-state index is -0.425. The second-order valence-corrected chi connectivity index (χ2v) is 8.73. The molecule has 0 atom stereocenters. The number of furan rings is 1. The standard InChI is InChI=1S/C31H25FN4O3/c32-25-14-16-26(17-15-25)36-29(20-28(34-36)24-10-5-2-6-11-24)33-30(37)22-35(21-27-12-7-19-39-27)31(38)18-13-23-8-3-1-4-9-23/h1-20H,21-22H2,(H,33,37). The van der Waals surface area contributed by atoms with Crippen molar-refractivity contribution in [3.05, 3.63) is 133 Å². The number of nitrogens with zero attached hydrogens (tertiary/aromatic N) is 3. The van der Waals surface area contributed by atoms with Gasteiger partial charge >= 0.3 is 0 Å². The van der Waals surface area contributed by atoms with E-state index < -0.39 is 5.91 Å². The molecule has 1 N–H and O–H groups in total. The minimum Gasteiger partial charge on any atom is -0.467 e. The van der Waals surface area contributed by atoms with E-state index in [4.69, 9.17) is 4.42 Å². The molecule has 0 saturated heterocycles. The Kier molecular flexibility index (Phi) is 7.73. The fourth-order valence-corrected chi connectivity index (χ4v) is 3.99. The number of hydrogen-bond donors (Lipinski definition) is 1. The maximum atomic E-state index is 13.6. The van der Waals surface area contributed by atoms with Crippen LogP contribution in [0.15, 0.2) is 120 Å². The average molecular weight is 521 g/mol. The zero-order valence-electron chi connectivity index (χ0n) is 20.9. The molecular formula is C31H25FN4O3. The summed E-state index contributed by atoms with van der Waals surface area (Å²) < 4.78 is 20.5. The van der Waals surface area contributed by atoms with Crippen molar-refractivity contribution in [2.75, 3.05) is 11.9 Å². The number of aromatic nitrogens is 2. The fraction of sp³-hybridized carbons (Fsp3) is 0.0645. The summed E-state index contributed by atoms with van der Waals surface area (Å²) in [5.41, 5.74) is 2.92. The lowest BCUT2D eigenvalue weighted by Crippen LogP contribution is -2.36. The molecule has 0 aliphatic rings. The Hall–Kier alpha value is -5.24. The normalized spacial score (nSPS) is 11.0. The van der Waals surface area contributed by atoms with Crippen LogP contribution in [0.1, 0.15) is 11.3 Å². The number of hydrogen-bond acceptors (Lipinski definition) is 4. The molecule has 0 aliphatic heterocycles. The van der Waals surface area contributed by atoms with Crippen molar-refractivity contribution in [2.24, 2.45) is 0 Å². The zero-order chi connectivity index (χ0) is 27.0. The Balaban J connectivity index is 1.39. The van der Waals surface area contributed by atoms with Crippen LogP contribution in [0.4, 0.5) is 10.2 Å². The number of benzene rings is 3. The van der Waals surface area contributed by atoms with Gasteiger partial charge in [0, 0.05) is 17.7 Å². The van der Waals surface area contributed by atoms with E-state index in [2.05, 4.69) is 10.4 Å². The van der Waals surface area contributed by atoms with Gasteiger partial charge in [0.05, 0.1) is 24.2 Å². The Morgan fingerprint density at radius 3 is 2.33 bits per heavy atom. The number of anilines is 1. The summed E-state index contributed by atoms with van der Waals surface area (Å²) in [6, 6.07) is 30.0. The molecule has 3 aromatic carbocycles. The number of amides is 2. The summed E-state index contributed by atoms with van der Waals surface area (Å²) in [6.45, 7) is -0.112. The lowest BCUT2D eigenvalue weighted by molar-refractivity contribution is -0.131. The molecule has 0 fully saturated rings. The highest BCUT2D eigenvalue weighted by molar-refractivity contribution is 5.98. The third kappa shape index (κ3) is 6.56. The topological polar surface area (TPSA) is 80.4 Å². The quantitative estimate of drug-likeness (QED) is 0.244. The van der Waals surface area contributed by atoms with Gasteiger partial charge in [-0.1, -0.05) is 60.7 Å². The van der Waals surface area contributed by atoms with Gasteiger partial charge in [-0.05, 0) is 48.0 Å². The molecule has 2 amide bonds. The van der Waals surface area contributed by atoms with Crippen molar-refractivity contribution in [1.82, 2.24) is 14.7 Å². The van der Waals surface area contributed by atoms with Crippen LogP contribution in [0.3, 0.4) is 0 Å². The Bertz CT molecular complexity index is 1560. The van der Waals surface area contributed by atoms with Gasteiger partial charge in [0.25, 0.3) is 0 Å². The monoisotopic (exact) mass is 520 g/mol. The Labute approximate surface area is 224 Å². The lowest BCUT2D eigenvalue weighted by atomic mass is 10.1. The predicted molar refractivity (Wildman–Crippen MR) is 147 cm³/mol. The molecule has 0 unspecified atom stereocenters. The smallest absolute Gasteiger partial charge is 0.247 e. The van der Waals surface area contributed by atoms with Crippen LogP contribution in [-0.4, -0.2) is 33.0 Å². The van der Waals surface area contributed by atoms with E-state index in [1.165, 1.54) is 34.1 Å². The summed E-state index contributed by atoms with van der Waals surface area (Å²) in [5.74, 6) is -0.216. The largest absolute Gasteiger partial charge is 0.467 e. The molecule has 2 heterocycles. The molecule has 5 aromatic rings. The van der Waals surface area contributed by atoms with Gasteiger partial charge in [0.2, 0.25) is 11.8 Å². The number of carbonyl (C=O) groups excluding carboxylic acids is 2. The highest BCUT2D eigenvalue weighted by Crippen LogP contribution is 2.25. The van der Waals surface area contributed by atoms with E-state index in [-0.39, 0.29) is 24.8 Å². The van der Waals surface area contributed by atoms with Gasteiger partial charge in [0.1, 0.15) is 23.9 Å². The van der Waals surface area contributed by atoms with Crippen LogP contribution in [-0.2, 0) is 16.1 Å². The van der Waals surface area contributed by atoms with Crippen LogP contribution in [0.2, 0.25) is 0 Å². The van der Waals surface area contributed by atoms with Crippen molar-refractivity contribution < 1.29 is 18.4 Å². The molecule has 0 spiro atoms. The number of halogens is 1. The zero-order valence-corrected chi connectivity index (χ0v) is 20.9. The predicted octanol–water partition coefficient (Wildman–Crippen LogP) is 5.95. The molecule has 194 valence electrons. The first-order valence-corrected chi connectivity index (χ1v) is 12.3. The molecule has 0 aliphatic carbocycles. The van der Waals surface area contributed by atoms with E-state index in [1.807, 2.05) is 60.7 Å². The van der Waals surface area contributed by atoms with Crippen LogP contribution in [0.25, 0.3) is 23.0 Å². The minimum absolute atomic E-state index is 0.116. The second kappa shape index (κ2) is 11.9. The van der Waals surface area contributed by atoms with Gasteiger partial charge in [0.15, 0.2) is 0 Å². The van der Waals surface area contributed by atoms with Crippen molar-refractivity contribution in [1.29, 1.82) is 0 Å². The molecule has 0 bridgehead atoms. The molecular weight excluding hydrogens is 495 g/mol. The van der Waals surface area contributed by atoms with Crippen molar-refractivity contribution in [3.63, 3.8) is 0 Å². The molecule has 8 heteroatoms. The summed E-state index contributed by atoms with van der Waals surface area (Å²) in [5, 5.41) is 7.52. The van der Waals surface area contributed by atoms with E-state index in [0.717, 1.165) is 11.1 Å². The third-order valence-corrected chi connectivity index (χ3v) is 5.91. The van der Waals surface area contributed by atoms with Crippen molar-refractivity contribution in [2.45, 2.75) is 6.54 Å². The summed E-state index contributed by atoms with van der Waals surface area (Å²) in [7, 11) is 0. The SMILES string of the molecule is O=C(CN(Cc1ccco1)C(=O)C=Cc1ccccc1)Nc1cc(-c2ccccc2)nn1-c1ccc(F)cc1. The molecule has 2 aromatic heterocycles. The molecule has 5 rings (SSSR count). The van der Waals surface area contributed by atoms with Crippen molar-refractivity contribution >= 4 is 23.7 Å². The van der Waals surface area contributed by atoms with Gasteiger partial charge < -0.3 is 14.6 Å². The van der Waals surface area contributed by atoms with E-state index >= 15 is 0 Å². The summed E-state index contributed by atoms with van der Waals surface area (Å²) >= 11 is 0. The maximum absolute atomic E-state index is 13.6. The van der Waals surface area contributed by atoms with Crippen LogP contribution < -0.4 is 5.32 Å². The first-order chi connectivity index (χ1) is 19.0.